The van der Waals surface area contributed by atoms with Gasteiger partial charge in [0.25, 0.3) is 5.91 Å². The van der Waals surface area contributed by atoms with Crippen LogP contribution in [-0.4, -0.2) is 10.9 Å². The number of aromatic nitrogens is 1. The van der Waals surface area contributed by atoms with Gasteiger partial charge in [-0.25, -0.2) is 4.98 Å². The molecule has 2 heterocycles. The van der Waals surface area contributed by atoms with E-state index in [1.165, 1.54) is 11.3 Å². The first-order chi connectivity index (χ1) is 11.6. The number of hydrogen-bond donors (Lipinski definition) is 3. The number of pyridine rings is 1. The summed E-state index contributed by atoms with van der Waals surface area (Å²) in [5.41, 5.74) is 9.51. The van der Waals surface area contributed by atoms with Gasteiger partial charge in [0.1, 0.15) is 5.82 Å². The van der Waals surface area contributed by atoms with E-state index >= 15 is 0 Å². The zero-order valence-corrected chi connectivity index (χ0v) is 14.1. The predicted molar refractivity (Wildman–Crippen MR) is 99.4 cm³/mol. The molecule has 0 bridgehead atoms. The molecule has 2 aromatic heterocycles. The van der Waals surface area contributed by atoms with Crippen molar-refractivity contribution < 1.29 is 4.79 Å². The lowest BCUT2D eigenvalue weighted by atomic mass is 10.2. The number of nitrogens with two attached hydrogens (primary N) is 1. The van der Waals surface area contributed by atoms with Gasteiger partial charge in [-0.05, 0) is 53.8 Å². The van der Waals surface area contributed by atoms with Crippen LogP contribution in [-0.2, 0) is 6.54 Å². The van der Waals surface area contributed by atoms with Gasteiger partial charge in [-0.3, -0.25) is 4.79 Å². The standard InChI is InChI=1S/C18H18N4OS/c1-12-8-16(24-11-12)18(23)22-14-5-2-4-13(9-14)10-21-15-6-3-7-20-17(15)19/h2-9,11,21H,10H2,1H3,(H2,19,20)(H,22,23). The number of anilines is 3. The monoisotopic (exact) mass is 338 g/mol. The van der Waals surface area contributed by atoms with Gasteiger partial charge in [0, 0.05) is 18.4 Å². The van der Waals surface area contributed by atoms with Crippen molar-refractivity contribution in [2.75, 3.05) is 16.4 Å². The maximum atomic E-state index is 12.2. The number of carbonyl (C=O) groups excluding carboxylic acids is 1. The Morgan fingerprint density at radius 1 is 1.25 bits per heavy atom. The molecule has 0 spiro atoms. The van der Waals surface area contributed by atoms with E-state index in [0.29, 0.717) is 17.2 Å². The lowest BCUT2D eigenvalue weighted by Gasteiger charge is -2.10. The molecule has 6 heteroatoms. The van der Waals surface area contributed by atoms with Crippen LogP contribution >= 0.6 is 11.3 Å². The Bertz CT molecular complexity index is 859. The number of nitrogens with zero attached hydrogens (tertiary/aromatic N) is 1. The van der Waals surface area contributed by atoms with Crippen LogP contribution in [0.5, 0.6) is 0 Å². The molecule has 1 aromatic carbocycles. The van der Waals surface area contributed by atoms with Gasteiger partial charge < -0.3 is 16.4 Å². The fourth-order valence-electron chi connectivity index (χ4n) is 2.27. The number of nitrogen functional groups attached to an aromatic ring is 1. The highest BCUT2D eigenvalue weighted by Crippen LogP contribution is 2.19. The third-order valence-corrected chi connectivity index (χ3v) is 4.51. The molecule has 4 N–H and O–H groups in total. The number of nitrogens with one attached hydrogen (secondary N) is 2. The maximum absolute atomic E-state index is 12.2. The number of amides is 1. The van der Waals surface area contributed by atoms with Gasteiger partial charge in [0.15, 0.2) is 0 Å². The molecule has 5 nitrogen and oxygen atoms in total. The van der Waals surface area contributed by atoms with E-state index in [1.807, 2.05) is 54.8 Å². The number of aryl methyl sites for hydroxylation is 1. The van der Waals surface area contributed by atoms with Gasteiger partial charge in [-0.1, -0.05) is 12.1 Å². The van der Waals surface area contributed by atoms with Crippen LogP contribution in [0.4, 0.5) is 17.2 Å². The summed E-state index contributed by atoms with van der Waals surface area (Å²) in [6.45, 7) is 2.57. The highest BCUT2D eigenvalue weighted by atomic mass is 32.1. The van der Waals surface area contributed by atoms with Crippen molar-refractivity contribution >= 4 is 34.4 Å². The van der Waals surface area contributed by atoms with Gasteiger partial charge in [-0.2, -0.15) is 0 Å². The molecule has 0 radical (unpaired) electrons. The van der Waals surface area contributed by atoms with Gasteiger partial charge in [-0.15, -0.1) is 11.3 Å². The highest BCUT2D eigenvalue weighted by Gasteiger charge is 2.08. The third-order valence-electron chi connectivity index (χ3n) is 3.46. The smallest absolute Gasteiger partial charge is 0.265 e. The average Bonchev–Trinajstić information content (AvgIpc) is 3.01. The lowest BCUT2D eigenvalue weighted by molar-refractivity contribution is 0.103. The van der Waals surface area contributed by atoms with Crippen LogP contribution in [0, 0.1) is 6.92 Å². The minimum atomic E-state index is -0.0882. The number of benzene rings is 1. The van der Waals surface area contributed by atoms with Gasteiger partial charge in [0.2, 0.25) is 0 Å². The van der Waals surface area contributed by atoms with Crippen LogP contribution < -0.4 is 16.4 Å². The first-order valence-electron chi connectivity index (χ1n) is 7.51. The molecule has 3 aromatic rings. The Hall–Kier alpha value is -2.86. The lowest BCUT2D eigenvalue weighted by Crippen LogP contribution is -2.10. The minimum Gasteiger partial charge on any atom is -0.382 e. The fraction of sp³-hybridized carbons (Fsp3) is 0.111. The van der Waals surface area contributed by atoms with Crippen LogP contribution in [0.1, 0.15) is 20.8 Å². The summed E-state index contributed by atoms with van der Waals surface area (Å²) >= 11 is 1.45. The van der Waals surface area contributed by atoms with Crippen molar-refractivity contribution in [2.45, 2.75) is 13.5 Å². The van der Waals surface area contributed by atoms with E-state index in [2.05, 4.69) is 15.6 Å². The Balaban J connectivity index is 1.66. The SMILES string of the molecule is Cc1csc(C(=O)Nc2cccc(CNc3cccnc3N)c2)c1. The van der Waals surface area contributed by atoms with Crippen LogP contribution in [0.3, 0.4) is 0 Å². The van der Waals surface area contributed by atoms with Crippen molar-refractivity contribution in [3.05, 3.63) is 70.0 Å². The normalized spacial score (nSPS) is 10.4. The second kappa shape index (κ2) is 7.14. The Kier molecular flexibility index (Phi) is 4.77. The van der Waals surface area contributed by atoms with E-state index in [4.69, 9.17) is 5.73 Å². The second-order valence-electron chi connectivity index (χ2n) is 5.43. The molecule has 1 amide bonds. The molecule has 0 aliphatic carbocycles. The summed E-state index contributed by atoms with van der Waals surface area (Å²) < 4.78 is 0. The first-order valence-corrected chi connectivity index (χ1v) is 8.39. The summed E-state index contributed by atoms with van der Waals surface area (Å²) in [6.07, 6.45) is 1.66. The molecule has 0 unspecified atom stereocenters. The highest BCUT2D eigenvalue weighted by molar-refractivity contribution is 7.12. The van der Waals surface area contributed by atoms with Crippen molar-refractivity contribution in [3.8, 4) is 0 Å². The number of hydrogen-bond acceptors (Lipinski definition) is 5. The molecular weight excluding hydrogens is 320 g/mol. The largest absolute Gasteiger partial charge is 0.382 e. The van der Waals surface area contributed by atoms with E-state index in [-0.39, 0.29) is 5.91 Å². The number of thiophene rings is 1. The van der Waals surface area contributed by atoms with Crippen LogP contribution in [0.15, 0.2) is 54.0 Å². The first kappa shape index (κ1) is 16.0. The van der Waals surface area contributed by atoms with Gasteiger partial charge in [0.05, 0.1) is 10.6 Å². The number of carbonyl (C=O) groups is 1. The second-order valence-corrected chi connectivity index (χ2v) is 6.34. The Labute approximate surface area is 144 Å². The maximum Gasteiger partial charge on any atom is 0.265 e. The molecule has 122 valence electrons. The quantitative estimate of drug-likeness (QED) is 0.659. The van der Waals surface area contributed by atoms with Crippen molar-refractivity contribution in [1.29, 1.82) is 0 Å². The molecule has 0 atom stereocenters. The molecule has 24 heavy (non-hydrogen) atoms. The molecule has 0 fully saturated rings. The topological polar surface area (TPSA) is 80.0 Å². The summed E-state index contributed by atoms with van der Waals surface area (Å²) in [5.74, 6) is 0.379. The van der Waals surface area contributed by atoms with Crippen LogP contribution in [0.25, 0.3) is 0 Å². The molecule has 0 aliphatic rings. The van der Waals surface area contributed by atoms with E-state index in [1.54, 1.807) is 6.20 Å². The van der Waals surface area contributed by atoms with Crippen molar-refractivity contribution in [1.82, 2.24) is 4.98 Å². The number of rotatable bonds is 5. The fourth-order valence-corrected chi connectivity index (χ4v) is 3.06. The average molecular weight is 338 g/mol. The molecule has 0 saturated carbocycles. The van der Waals surface area contributed by atoms with Gasteiger partial charge >= 0.3 is 0 Å². The Morgan fingerprint density at radius 3 is 2.88 bits per heavy atom. The summed E-state index contributed by atoms with van der Waals surface area (Å²) in [7, 11) is 0. The summed E-state index contributed by atoms with van der Waals surface area (Å²) in [4.78, 5) is 17.0. The van der Waals surface area contributed by atoms with E-state index in [0.717, 1.165) is 22.5 Å². The van der Waals surface area contributed by atoms with Crippen molar-refractivity contribution in [3.63, 3.8) is 0 Å². The molecule has 0 saturated heterocycles. The molecule has 3 rings (SSSR count). The zero-order valence-electron chi connectivity index (χ0n) is 13.2. The van der Waals surface area contributed by atoms with E-state index < -0.39 is 0 Å². The van der Waals surface area contributed by atoms with Crippen LogP contribution in [0.2, 0.25) is 0 Å². The third kappa shape index (κ3) is 3.91. The molecule has 0 aliphatic heterocycles. The zero-order chi connectivity index (χ0) is 16.9. The predicted octanol–water partition coefficient (Wildman–Crippen LogP) is 3.90. The van der Waals surface area contributed by atoms with E-state index in [9.17, 15) is 4.79 Å². The summed E-state index contributed by atoms with van der Waals surface area (Å²) in [5, 5.41) is 8.14. The molecular formula is C18H18N4OS. The minimum absolute atomic E-state index is 0.0882. The Morgan fingerprint density at radius 2 is 2.12 bits per heavy atom. The summed E-state index contributed by atoms with van der Waals surface area (Å²) in [6, 6.07) is 13.3. The van der Waals surface area contributed by atoms with Crippen molar-refractivity contribution in [2.24, 2.45) is 0 Å².